The largest absolute Gasteiger partial charge is 0.496 e. The van der Waals surface area contributed by atoms with Crippen molar-refractivity contribution in [3.05, 3.63) is 46.3 Å². The van der Waals surface area contributed by atoms with Crippen molar-refractivity contribution in [3.63, 3.8) is 0 Å². The number of hydrogen-bond acceptors (Lipinski definition) is 8. The fourth-order valence-electron chi connectivity index (χ4n) is 3.69. The second-order valence-corrected chi connectivity index (χ2v) is 7.97. The molecule has 9 nitrogen and oxygen atoms in total. The average molecular weight is 487 g/mol. The Balaban J connectivity index is 1.55. The SMILES string of the molecule is COc1ccccc1-c1noc(C)c1C(=O)N1CCN(c2cc(N)c(N)nc2Br)CC1. The van der Waals surface area contributed by atoms with Gasteiger partial charge in [-0.05, 0) is 41.1 Å². The van der Waals surface area contributed by atoms with Gasteiger partial charge in [0.2, 0.25) is 0 Å². The number of amides is 1. The quantitative estimate of drug-likeness (QED) is 0.539. The van der Waals surface area contributed by atoms with Gasteiger partial charge in [-0.25, -0.2) is 4.98 Å². The highest BCUT2D eigenvalue weighted by Crippen LogP contribution is 2.34. The van der Waals surface area contributed by atoms with Gasteiger partial charge in [0.1, 0.15) is 33.2 Å². The summed E-state index contributed by atoms with van der Waals surface area (Å²) in [5.74, 6) is 1.28. The number of rotatable bonds is 4. The van der Waals surface area contributed by atoms with Gasteiger partial charge in [-0.2, -0.15) is 0 Å². The number of halogens is 1. The van der Waals surface area contributed by atoms with Crippen LogP contribution < -0.4 is 21.1 Å². The van der Waals surface area contributed by atoms with Crippen LogP contribution in [0.25, 0.3) is 11.3 Å². The smallest absolute Gasteiger partial charge is 0.259 e. The molecule has 0 atom stereocenters. The van der Waals surface area contributed by atoms with E-state index in [1.807, 2.05) is 24.3 Å². The lowest BCUT2D eigenvalue weighted by Crippen LogP contribution is -2.49. The molecule has 0 aliphatic carbocycles. The molecule has 2 aromatic heterocycles. The monoisotopic (exact) mass is 486 g/mol. The Morgan fingerprint density at radius 2 is 1.90 bits per heavy atom. The van der Waals surface area contributed by atoms with E-state index < -0.39 is 0 Å². The lowest BCUT2D eigenvalue weighted by Gasteiger charge is -2.36. The van der Waals surface area contributed by atoms with Gasteiger partial charge < -0.3 is 30.5 Å². The van der Waals surface area contributed by atoms with Crippen LogP contribution in [0.2, 0.25) is 0 Å². The van der Waals surface area contributed by atoms with E-state index in [0.29, 0.717) is 59.2 Å². The van der Waals surface area contributed by atoms with Crippen molar-refractivity contribution in [2.24, 2.45) is 0 Å². The van der Waals surface area contributed by atoms with Crippen molar-refractivity contribution >= 4 is 39.0 Å². The van der Waals surface area contributed by atoms with Gasteiger partial charge >= 0.3 is 0 Å². The molecule has 1 aliphatic heterocycles. The summed E-state index contributed by atoms with van der Waals surface area (Å²) in [6.45, 7) is 4.07. The van der Waals surface area contributed by atoms with Crippen LogP contribution in [0.3, 0.4) is 0 Å². The minimum atomic E-state index is -0.117. The molecule has 10 heteroatoms. The van der Waals surface area contributed by atoms with E-state index in [0.717, 1.165) is 11.3 Å². The van der Waals surface area contributed by atoms with Crippen molar-refractivity contribution in [3.8, 4) is 17.0 Å². The van der Waals surface area contributed by atoms with Crippen LogP contribution in [0.15, 0.2) is 39.5 Å². The standard InChI is InChI=1S/C21H23BrN6O3/c1-12-17(18(26-31-12)13-5-3-4-6-16(13)30-2)21(29)28-9-7-27(8-10-28)15-11-14(23)20(24)25-19(15)22/h3-6,11H,7-10,23H2,1-2H3,(H2,24,25). The summed E-state index contributed by atoms with van der Waals surface area (Å²) in [6.07, 6.45) is 0. The van der Waals surface area contributed by atoms with Crippen LogP contribution in [0.5, 0.6) is 5.75 Å². The number of aromatic nitrogens is 2. The van der Waals surface area contributed by atoms with Crippen LogP contribution in [0.1, 0.15) is 16.1 Å². The number of hydrogen-bond donors (Lipinski definition) is 2. The molecule has 0 bridgehead atoms. The summed E-state index contributed by atoms with van der Waals surface area (Å²) in [5.41, 5.74) is 14.6. The fourth-order valence-corrected chi connectivity index (χ4v) is 4.24. The number of nitrogens with two attached hydrogens (primary N) is 2. The number of aryl methyl sites for hydroxylation is 1. The number of carbonyl (C=O) groups is 1. The summed E-state index contributed by atoms with van der Waals surface area (Å²) in [5, 5.41) is 4.15. The molecule has 1 saturated heterocycles. The number of benzene rings is 1. The average Bonchev–Trinajstić information content (AvgIpc) is 3.17. The summed E-state index contributed by atoms with van der Waals surface area (Å²) in [7, 11) is 1.59. The van der Waals surface area contributed by atoms with Crippen LogP contribution in [0.4, 0.5) is 17.2 Å². The number of methoxy groups -OCH3 is 1. The van der Waals surface area contributed by atoms with Crippen LogP contribution in [0, 0.1) is 6.92 Å². The third kappa shape index (κ3) is 3.90. The van der Waals surface area contributed by atoms with E-state index in [9.17, 15) is 4.79 Å². The first-order chi connectivity index (χ1) is 14.9. The van der Waals surface area contributed by atoms with Crippen LogP contribution >= 0.6 is 15.9 Å². The summed E-state index contributed by atoms with van der Waals surface area (Å²) in [4.78, 5) is 21.5. The van der Waals surface area contributed by atoms with E-state index in [1.165, 1.54) is 0 Å². The van der Waals surface area contributed by atoms with E-state index in [1.54, 1.807) is 25.0 Å². The molecule has 0 spiro atoms. The molecule has 1 fully saturated rings. The van der Waals surface area contributed by atoms with E-state index in [2.05, 4.69) is 31.0 Å². The van der Waals surface area contributed by atoms with Gasteiger partial charge in [0.05, 0.1) is 18.5 Å². The van der Waals surface area contributed by atoms with E-state index in [4.69, 9.17) is 20.7 Å². The second-order valence-electron chi connectivity index (χ2n) is 7.21. The fraction of sp³-hybridized carbons (Fsp3) is 0.286. The number of nitrogen functional groups attached to an aromatic ring is 2. The molecule has 4 rings (SSSR count). The Morgan fingerprint density at radius 1 is 1.19 bits per heavy atom. The maximum atomic E-state index is 13.4. The number of pyridine rings is 1. The van der Waals surface area contributed by atoms with E-state index >= 15 is 0 Å². The molecule has 0 radical (unpaired) electrons. The molecule has 1 amide bonds. The zero-order chi connectivity index (χ0) is 22.1. The van der Waals surface area contributed by atoms with E-state index in [-0.39, 0.29) is 11.7 Å². The Morgan fingerprint density at radius 3 is 2.61 bits per heavy atom. The molecule has 0 saturated carbocycles. The van der Waals surface area contributed by atoms with Crippen molar-refractivity contribution in [2.75, 3.05) is 49.7 Å². The predicted octanol–water partition coefficient (Wildman–Crippen LogP) is 2.94. The van der Waals surface area contributed by atoms with Crippen molar-refractivity contribution in [1.82, 2.24) is 15.0 Å². The van der Waals surface area contributed by atoms with Gasteiger partial charge in [0.15, 0.2) is 0 Å². The first-order valence-corrected chi connectivity index (χ1v) is 10.6. The van der Waals surface area contributed by atoms with Gasteiger partial charge in [-0.1, -0.05) is 17.3 Å². The first kappa shape index (κ1) is 21.0. The van der Waals surface area contributed by atoms with Gasteiger partial charge in [0.25, 0.3) is 5.91 Å². The zero-order valence-electron chi connectivity index (χ0n) is 17.3. The highest BCUT2D eigenvalue weighted by atomic mass is 79.9. The second kappa shape index (κ2) is 8.46. The lowest BCUT2D eigenvalue weighted by molar-refractivity contribution is 0.0745. The summed E-state index contributed by atoms with van der Waals surface area (Å²) >= 11 is 3.45. The predicted molar refractivity (Wildman–Crippen MR) is 122 cm³/mol. The minimum Gasteiger partial charge on any atom is -0.496 e. The molecular weight excluding hydrogens is 464 g/mol. The molecular formula is C21H23BrN6O3. The summed E-state index contributed by atoms with van der Waals surface area (Å²) in [6, 6.07) is 9.23. The van der Waals surface area contributed by atoms with Crippen molar-refractivity contribution < 1.29 is 14.1 Å². The number of piperazine rings is 1. The Hall–Kier alpha value is -3.27. The minimum absolute atomic E-state index is 0.117. The zero-order valence-corrected chi connectivity index (χ0v) is 18.8. The Kier molecular flexibility index (Phi) is 5.73. The molecule has 1 aliphatic rings. The molecule has 1 aromatic carbocycles. The number of ether oxygens (including phenoxy) is 1. The van der Waals surface area contributed by atoms with Crippen LogP contribution in [-0.4, -0.2) is 54.2 Å². The van der Waals surface area contributed by atoms with Gasteiger partial charge in [-0.15, -0.1) is 0 Å². The number of nitrogens with zero attached hydrogens (tertiary/aromatic N) is 4. The van der Waals surface area contributed by atoms with Crippen molar-refractivity contribution in [1.29, 1.82) is 0 Å². The highest BCUT2D eigenvalue weighted by Gasteiger charge is 2.30. The van der Waals surface area contributed by atoms with Gasteiger partial charge in [-0.3, -0.25) is 4.79 Å². The summed E-state index contributed by atoms with van der Waals surface area (Å²) < 4.78 is 11.5. The molecule has 31 heavy (non-hydrogen) atoms. The molecule has 0 unspecified atom stereocenters. The lowest BCUT2D eigenvalue weighted by atomic mass is 10.0. The maximum Gasteiger partial charge on any atom is 0.259 e. The highest BCUT2D eigenvalue weighted by molar-refractivity contribution is 9.10. The Bertz CT molecular complexity index is 1120. The topological polar surface area (TPSA) is 124 Å². The number of carbonyl (C=O) groups excluding carboxylic acids is 1. The van der Waals surface area contributed by atoms with Gasteiger partial charge in [0, 0.05) is 31.7 Å². The molecule has 4 N–H and O–H groups in total. The van der Waals surface area contributed by atoms with Crippen molar-refractivity contribution in [2.45, 2.75) is 6.92 Å². The Labute approximate surface area is 188 Å². The van der Waals surface area contributed by atoms with Crippen LogP contribution in [-0.2, 0) is 0 Å². The molecule has 3 aromatic rings. The first-order valence-electron chi connectivity index (χ1n) is 9.76. The third-order valence-corrected chi connectivity index (χ3v) is 5.95. The number of anilines is 3. The molecule has 162 valence electrons. The maximum absolute atomic E-state index is 13.4. The molecule has 3 heterocycles. The normalized spacial score (nSPS) is 14.0. The number of para-hydroxylation sites is 1. The third-order valence-electron chi connectivity index (χ3n) is 5.36.